The number of nitrogens with one attached hydrogen (secondary N) is 1. The Kier molecular flexibility index (Phi) is 2.25. The van der Waals surface area contributed by atoms with Crippen LogP contribution < -0.4 is 5.43 Å². The number of hydrogen-bond acceptors (Lipinski definition) is 4. The van der Waals surface area contributed by atoms with Gasteiger partial charge in [-0.25, -0.2) is 4.79 Å². The molecule has 0 unspecified atom stereocenters. The molecule has 0 aliphatic rings. The molecule has 0 amide bonds. The number of nitrogens with zero attached hydrogens (tertiary/aromatic N) is 1. The molecule has 2 aromatic heterocycles. The number of aromatic hydroxyl groups is 1. The predicted octanol–water partition coefficient (Wildman–Crippen LogP) is 1.48. The van der Waals surface area contributed by atoms with Crippen LogP contribution in [0.4, 0.5) is 0 Å². The summed E-state index contributed by atoms with van der Waals surface area (Å²) < 4.78 is 0. The summed E-state index contributed by atoms with van der Waals surface area (Å²) in [5.74, 6) is -1.61. The summed E-state index contributed by atoms with van der Waals surface area (Å²) in [6.45, 7) is 0. The second kappa shape index (κ2) is 3.81. The second-order valence-electron chi connectivity index (χ2n) is 4.06. The minimum absolute atomic E-state index is 0.0638. The molecule has 3 rings (SSSR count). The van der Waals surface area contributed by atoms with Gasteiger partial charge in [0.1, 0.15) is 11.3 Å². The first-order valence-corrected chi connectivity index (χ1v) is 5.45. The first-order chi connectivity index (χ1) is 9.09. The van der Waals surface area contributed by atoms with Crippen molar-refractivity contribution in [3.8, 4) is 5.75 Å². The van der Waals surface area contributed by atoms with Crippen LogP contribution in [0.15, 0.2) is 35.4 Å². The van der Waals surface area contributed by atoms with Crippen molar-refractivity contribution in [3.63, 3.8) is 0 Å². The molecule has 0 aliphatic carbocycles. The van der Waals surface area contributed by atoms with Gasteiger partial charge in [-0.2, -0.15) is 0 Å². The lowest BCUT2D eigenvalue weighted by atomic mass is 10.1. The smallest absolute Gasteiger partial charge is 0.341 e. The summed E-state index contributed by atoms with van der Waals surface area (Å²) >= 11 is 0. The quantitative estimate of drug-likeness (QED) is 0.572. The Morgan fingerprint density at radius 2 is 2.16 bits per heavy atom. The minimum Gasteiger partial charge on any atom is -0.507 e. The Balaban J connectivity index is 2.59. The van der Waals surface area contributed by atoms with Gasteiger partial charge in [0.15, 0.2) is 0 Å². The normalized spacial score (nSPS) is 10.9. The maximum absolute atomic E-state index is 12.0. The molecule has 6 nitrogen and oxygen atoms in total. The van der Waals surface area contributed by atoms with E-state index >= 15 is 0 Å². The number of carbonyl (C=O) groups is 1. The second-order valence-corrected chi connectivity index (χ2v) is 4.06. The first kappa shape index (κ1) is 11.2. The summed E-state index contributed by atoms with van der Waals surface area (Å²) in [4.78, 5) is 29.8. The Labute approximate surface area is 106 Å². The molecule has 3 aromatic rings. The molecule has 1 aromatic carbocycles. The van der Waals surface area contributed by atoms with Gasteiger partial charge >= 0.3 is 5.97 Å². The number of carboxylic acids is 1. The van der Waals surface area contributed by atoms with Gasteiger partial charge < -0.3 is 15.2 Å². The highest BCUT2D eigenvalue weighted by Crippen LogP contribution is 2.27. The fraction of sp³-hybridized carbons (Fsp3) is 0. The molecular formula is C13H8N2O4. The van der Waals surface area contributed by atoms with Crippen molar-refractivity contribution in [1.29, 1.82) is 0 Å². The zero-order valence-electron chi connectivity index (χ0n) is 9.54. The molecule has 0 aliphatic heterocycles. The monoisotopic (exact) mass is 256 g/mol. The fourth-order valence-electron chi connectivity index (χ4n) is 2.08. The molecule has 2 heterocycles. The summed E-state index contributed by atoms with van der Waals surface area (Å²) in [6.07, 6.45) is 2.67. The molecule has 94 valence electrons. The van der Waals surface area contributed by atoms with E-state index in [1.54, 1.807) is 18.3 Å². The van der Waals surface area contributed by atoms with Crippen LogP contribution in [0, 0.1) is 0 Å². The van der Waals surface area contributed by atoms with Gasteiger partial charge in [-0.1, -0.05) is 6.07 Å². The zero-order valence-corrected chi connectivity index (χ0v) is 9.54. The topological polar surface area (TPSA) is 103 Å². The van der Waals surface area contributed by atoms with E-state index in [2.05, 4.69) is 9.97 Å². The average molecular weight is 256 g/mol. The van der Waals surface area contributed by atoms with E-state index in [1.807, 2.05) is 0 Å². The molecule has 0 bridgehead atoms. The SMILES string of the molecule is O=C(O)c1c[nH]c2c(c(O)cc3cccnc32)c1=O. The number of aromatic carboxylic acids is 1. The molecule has 0 saturated carbocycles. The van der Waals surface area contributed by atoms with Crippen molar-refractivity contribution < 1.29 is 15.0 Å². The maximum Gasteiger partial charge on any atom is 0.341 e. The Morgan fingerprint density at radius 1 is 1.37 bits per heavy atom. The van der Waals surface area contributed by atoms with Crippen molar-refractivity contribution in [1.82, 2.24) is 9.97 Å². The Morgan fingerprint density at radius 3 is 2.89 bits per heavy atom. The fourth-order valence-corrected chi connectivity index (χ4v) is 2.08. The lowest BCUT2D eigenvalue weighted by Gasteiger charge is -2.05. The number of aromatic nitrogens is 2. The van der Waals surface area contributed by atoms with E-state index in [9.17, 15) is 14.7 Å². The van der Waals surface area contributed by atoms with Gasteiger partial charge in [0.25, 0.3) is 0 Å². The summed E-state index contributed by atoms with van der Waals surface area (Å²) in [5.41, 5.74) is -0.320. The molecule has 0 saturated heterocycles. The number of carboxylic acid groups (broad SMARTS) is 1. The lowest BCUT2D eigenvalue weighted by molar-refractivity contribution is 0.0695. The molecule has 0 atom stereocenters. The predicted molar refractivity (Wildman–Crippen MR) is 68.5 cm³/mol. The molecule has 19 heavy (non-hydrogen) atoms. The Bertz CT molecular complexity index is 883. The van der Waals surface area contributed by atoms with E-state index in [4.69, 9.17) is 5.11 Å². The van der Waals surface area contributed by atoms with Gasteiger partial charge in [0.05, 0.1) is 16.4 Å². The number of benzene rings is 1. The van der Waals surface area contributed by atoms with E-state index in [0.29, 0.717) is 16.4 Å². The number of phenols is 1. The first-order valence-electron chi connectivity index (χ1n) is 5.45. The highest BCUT2D eigenvalue weighted by molar-refractivity contribution is 6.07. The largest absolute Gasteiger partial charge is 0.507 e. The van der Waals surface area contributed by atoms with Crippen molar-refractivity contribution >= 4 is 27.8 Å². The van der Waals surface area contributed by atoms with Crippen molar-refractivity contribution in [2.24, 2.45) is 0 Å². The molecule has 3 N–H and O–H groups in total. The van der Waals surface area contributed by atoms with Crippen LogP contribution in [0.3, 0.4) is 0 Å². The summed E-state index contributed by atoms with van der Waals surface area (Å²) in [7, 11) is 0. The summed E-state index contributed by atoms with van der Waals surface area (Å²) in [6, 6.07) is 4.84. The van der Waals surface area contributed by atoms with Gasteiger partial charge in [-0.15, -0.1) is 0 Å². The van der Waals surface area contributed by atoms with Crippen LogP contribution >= 0.6 is 0 Å². The van der Waals surface area contributed by atoms with E-state index in [-0.39, 0.29) is 11.1 Å². The third-order valence-corrected chi connectivity index (χ3v) is 2.94. The van der Waals surface area contributed by atoms with Crippen molar-refractivity contribution in [3.05, 3.63) is 46.4 Å². The third kappa shape index (κ3) is 1.54. The Hall–Kier alpha value is -2.89. The van der Waals surface area contributed by atoms with E-state index in [0.717, 1.165) is 6.20 Å². The van der Waals surface area contributed by atoms with Gasteiger partial charge in [0.2, 0.25) is 5.43 Å². The minimum atomic E-state index is -1.34. The van der Waals surface area contributed by atoms with E-state index in [1.165, 1.54) is 6.07 Å². The average Bonchev–Trinajstić information content (AvgIpc) is 2.38. The number of phenolic OH excluding ortho intramolecular Hbond substituents is 1. The van der Waals surface area contributed by atoms with Crippen LogP contribution in [0.2, 0.25) is 0 Å². The van der Waals surface area contributed by atoms with Crippen molar-refractivity contribution in [2.45, 2.75) is 0 Å². The third-order valence-electron chi connectivity index (χ3n) is 2.94. The van der Waals surface area contributed by atoms with E-state index < -0.39 is 17.0 Å². The number of rotatable bonds is 1. The highest BCUT2D eigenvalue weighted by atomic mass is 16.4. The number of aromatic amines is 1. The lowest BCUT2D eigenvalue weighted by Crippen LogP contribution is -2.15. The molecule has 0 radical (unpaired) electrons. The van der Waals surface area contributed by atoms with Crippen molar-refractivity contribution in [2.75, 3.05) is 0 Å². The molecule has 0 spiro atoms. The number of hydrogen-bond donors (Lipinski definition) is 3. The molecule has 6 heteroatoms. The summed E-state index contributed by atoms with van der Waals surface area (Å²) in [5, 5.41) is 19.4. The number of H-pyrrole nitrogens is 1. The molecule has 0 fully saturated rings. The highest BCUT2D eigenvalue weighted by Gasteiger charge is 2.16. The maximum atomic E-state index is 12.0. The van der Waals surface area contributed by atoms with Crippen LogP contribution in [-0.4, -0.2) is 26.2 Å². The van der Waals surface area contributed by atoms with Crippen LogP contribution in [-0.2, 0) is 0 Å². The van der Waals surface area contributed by atoms with Crippen LogP contribution in [0.1, 0.15) is 10.4 Å². The molecular weight excluding hydrogens is 248 g/mol. The van der Waals surface area contributed by atoms with Crippen LogP contribution in [0.5, 0.6) is 5.75 Å². The van der Waals surface area contributed by atoms with Gasteiger partial charge in [-0.05, 0) is 12.1 Å². The number of fused-ring (bicyclic) bond motifs is 3. The standard InChI is InChI=1S/C13H8N2O4/c16-8-4-6-2-1-3-14-10(6)11-9(8)12(17)7(5-15-11)13(18)19/h1-5,16H,(H,15,17)(H,18,19). The zero-order chi connectivity index (χ0) is 13.6. The van der Waals surface area contributed by atoms with Gasteiger partial charge in [0, 0.05) is 17.8 Å². The number of pyridine rings is 2. The van der Waals surface area contributed by atoms with Crippen LogP contribution in [0.25, 0.3) is 21.8 Å². The van der Waals surface area contributed by atoms with Gasteiger partial charge in [-0.3, -0.25) is 9.78 Å².